The zero-order valence-electron chi connectivity index (χ0n) is 21.4. The number of ether oxygens (including phenoxy) is 3. The Morgan fingerprint density at radius 3 is 2.37 bits per heavy atom. The van der Waals surface area contributed by atoms with E-state index in [4.69, 9.17) is 19.3 Å². The summed E-state index contributed by atoms with van der Waals surface area (Å²) in [6, 6.07) is 8.51. The van der Waals surface area contributed by atoms with Crippen molar-refractivity contribution >= 4 is 23.9 Å². The lowest BCUT2D eigenvalue weighted by molar-refractivity contribution is -0.138. The van der Waals surface area contributed by atoms with Crippen LogP contribution in [0.4, 0.5) is 19.3 Å². The number of likely N-dealkylation sites (tertiary alicyclic amines) is 1. The summed E-state index contributed by atoms with van der Waals surface area (Å²) < 4.78 is 41.7. The van der Waals surface area contributed by atoms with E-state index in [9.17, 15) is 23.2 Å². The third-order valence-corrected chi connectivity index (χ3v) is 6.15. The molecule has 10 nitrogen and oxygen atoms in total. The molecule has 38 heavy (non-hydrogen) atoms. The first-order chi connectivity index (χ1) is 18.3. The molecule has 2 aromatic carbocycles. The predicted molar refractivity (Wildman–Crippen MR) is 135 cm³/mol. The van der Waals surface area contributed by atoms with Gasteiger partial charge in [0.05, 0.1) is 25.9 Å². The lowest BCUT2D eigenvalue weighted by Crippen LogP contribution is -2.64. The minimum Gasteiger partial charge on any atom is -0.493 e. The Bertz CT molecular complexity index is 1140. The molecule has 3 rings (SSSR count). The molecule has 2 aromatic rings. The number of aldehydes is 1. The molecule has 1 N–H and O–H groups in total. The van der Waals surface area contributed by atoms with Crippen molar-refractivity contribution in [2.75, 3.05) is 59.2 Å². The third-order valence-electron chi connectivity index (χ3n) is 6.15. The van der Waals surface area contributed by atoms with Crippen molar-refractivity contribution in [1.82, 2.24) is 9.80 Å². The highest BCUT2D eigenvalue weighted by atomic mass is 19.1. The number of carbonyl (C=O) groups is 3. The van der Waals surface area contributed by atoms with E-state index >= 15 is 0 Å². The number of hydrogen-bond acceptors (Lipinski definition) is 7. The summed E-state index contributed by atoms with van der Waals surface area (Å²) in [6.45, 7) is -2.26. The molecule has 1 heterocycles. The Kier molecular flexibility index (Phi) is 9.83. The number of aliphatic hydroxyl groups excluding tert-OH is 1. The second-order valence-electron chi connectivity index (χ2n) is 8.70. The first kappa shape index (κ1) is 28.6. The molecule has 3 amide bonds. The maximum atomic E-state index is 13.7. The number of alkyl halides is 2. The van der Waals surface area contributed by atoms with Gasteiger partial charge in [-0.2, -0.15) is 0 Å². The van der Waals surface area contributed by atoms with Crippen molar-refractivity contribution in [3.63, 3.8) is 0 Å². The van der Waals surface area contributed by atoms with E-state index in [1.54, 1.807) is 25.2 Å². The van der Waals surface area contributed by atoms with Crippen LogP contribution in [0.2, 0.25) is 0 Å². The number of nitrogens with zero attached hydrogens (tertiary/aromatic N) is 3. The van der Waals surface area contributed by atoms with Crippen molar-refractivity contribution in [3.05, 3.63) is 47.5 Å². The molecule has 1 aliphatic heterocycles. The van der Waals surface area contributed by atoms with Crippen LogP contribution in [-0.2, 0) is 11.3 Å². The van der Waals surface area contributed by atoms with Gasteiger partial charge in [-0.1, -0.05) is 6.07 Å². The summed E-state index contributed by atoms with van der Waals surface area (Å²) >= 11 is 0. The topological polar surface area (TPSA) is 109 Å². The van der Waals surface area contributed by atoms with E-state index in [1.807, 2.05) is 0 Å². The van der Waals surface area contributed by atoms with Crippen LogP contribution < -0.4 is 19.1 Å². The molecule has 0 atom stereocenters. The van der Waals surface area contributed by atoms with Gasteiger partial charge in [0.15, 0.2) is 23.9 Å². The Hall–Kier alpha value is -3.93. The number of methoxy groups -OCH3 is 2. The smallest absolute Gasteiger partial charge is 0.324 e. The number of hydrogen-bond donors (Lipinski definition) is 1. The Morgan fingerprint density at radius 1 is 1.11 bits per heavy atom. The van der Waals surface area contributed by atoms with E-state index in [1.165, 1.54) is 47.1 Å². The van der Waals surface area contributed by atoms with Gasteiger partial charge in [-0.05, 0) is 35.9 Å². The van der Waals surface area contributed by atoms with E-state index in [2.05, 4.69) is 0 Å². The zero-order valence-corrected chi connectivity index (χ0v) is 21.4. The van der Waals surface area contributed by atoms with E-state index in [0.29, 0.717) is 17.8 Å². The van der Waals surface area contributed by atoms with Crippen molar-refractivity contribution in [2.45, 2.75) is 18.7 Å². The van der Waals surface area contributed by atoms with Crippen molar-refractivity contribution in [1.29, 1.82) is 0 Å². The summed E-state index contributed by atoms with van der Waals surface area (Å²) in [5.74, 6) is 0.636. The highest BCUT2D eigenvalue weighted by Crippen LogP contribution is 2.32. The fourth-order valence-electron chi connectivity index (χ4n) is 4.10. The first-order valence-electron chi connectivity index (χ1n) is 11.8. The largest absolute Gasteiger partial charge is 0.493 e. The number of rotatable bonds is 12. The van der Waals surface area contributed by atoms with E-state index in [-0.39, 0.29) is 36.6 Å². The summed E-state index contributed by atoms with van der Waals surface area (Å²) in [4.78, 5) is 41.8. The normalized spacial score (nSPS) is 13.1. The Morgan fingerprint density at radius 2 is 1.79 bits per heavy atom. The molecule has 206 valence electrons. The molecular formula is C26H31F2N3O7. The first-order valence-corrected chi connectivity index (χ1v) is 11.8. The van der Waals surface area contributed by atoms with Crippen LogP contribution in [0.1, 0.15) is 15.9 Å². The van der Waals surface area contributed by atoms with Crippen LogP contribution in [0.3, 0.4) is 0 Å². The van der Waals surface area contributed by atoms with Crippen molar-refractivity contribution < 1.29 is 42.5 Å². The second-order valence-corrected chi connectivity index (χ2v) is 8.70. The number of halogens is 2. The van der Waals surface area contributed by atoms with Crippen LogP contribution in [0.25, 0.3) is 0 Å². The van der Waals surface area contributed by atoms with E-state index in [0.717, 1.165) is 5.56 Å². The number of anilines is 1. The van der Waals surface area contributed by atoms with Crippen LogP contribution in [-0.4, -0.2) is 99.6 Å². The molecule has 1 aliphatic rings. The average Bonchev–Trinajstić information content (AvgIpc) is 2.92. The average molecular weight is 536 g/mol. The second kappa shape index (κ2) is 13.0. The lowest BCUT2D eigenvalue weighted by atomic mass is 10.0. The molecule has 0 bridgehead atoms. The molecule has 0 aliphatic carbocycles. The fraction of sp³-hybridized carbons (Fsp3) is 0.423. The number of benzene rings is 2. The predicted octanol–water partition coefficient (Wildman–Crippen LogP) is 2.46. The highest BCUT2D eigenvalue weighted by molar-refractivity contribution is 5.98. The van der Waals surface area contributed by atoms with Crippen LogP contribution in [0.15, 0.2) is 36.4 Å². The molecule has 0 aromatic heterocycles. The Balaban J connectivity index is 1.91. The summed E-state index contributed by atoms with van der Waals surface area (Å²) in [5, 5.41) is 9.17. The number of carbonyl (C=O) groups excluding carboxylic acids is 3. The van der Waals surface area contributed by atoms with Gasteiger partial charge in [0.2, 0.25) is 5.91 Å². The SMILES string of the molecule is COc1ccc(CN(C)C(=O)N(c2ccc(OC(CF)CF)cc2C=O)C2CN(C(=O)CO)C2)cc1OC. The van der Waals surface area contributed by atoms with E-state index < -0.39 is 44.0 Å². The molecule has 12 heteroatoms. The van der Waals surface area contributed by atoms with Crippen LogP contribution in [0.5, 0.6) is 17.2 Å². The maximum Gasteiger partial charge on any atom is 0.324 e. The maximum absolute atomic E-state index is 13.7. The molecular weight excluding hydrogens is 504 g/mol. The molecule has 0 radical (unpaired) electrons. The standard InChI is InChI=1S/C26H31F2N3O7/c1-29(12-17-4-7-23(36-2)24(8-17)37-3)26(35)31(19-13-30(14-19)25(34)16-33)22-6-5-20(9-18(22)15-32)38-21(10-27)11-28/h4-9,15,19,21,33H,10-14,16H2,1-3H3. The summed E-state index contributed by atoms with van der Waals surface area (Å²) in [5.41, 5.74) is 1.07. The third kappa shape index (κ3) is 6.31. The molecule has 0 saturated carbocycles. The molecule has 0 unspecified atom stereocenters. The summed E-state index contributed by atoms with van der Waals surface area (Å²) in [6.07, 6.45) is -0.790. The number of urea groups is 1. The Labute approximate surface area is 219 Å². The van der Waals surface area contributed by atoms with Gasteiger partial charge in [0, 0.05) is 32.2 Å². The van der Waals surface area contributed by atoms with Crippen LogP contribution in [0, 0.1) is 0 Å². The monoisotopic (exact) mass is 535 g/mol. The van der Waals surface area contributed by atoms with Gasteiger partial charge in [-0.25, -0.2) is 13.6 Å². The van der Waals surface area contributed by atoms with Crippen molar-refractivity contribution in [3.8, 4) is 17.2 Å². The van der Waals surface area contributed by atoms with Gasteiger partial charge >= 0.3 is 6.03 Å². The van der Waals surface area contributed by atoms with Crippen molar-refractivity contribution in [2.24, 2.45) is 0 Å². The molecule has 1 saturated heterocycles. The van der Waals surface area contributed by atoms with Crippen LogP contribution >= 0.6 is 0 Å². The minimum absolute atomic E-state index is 0.0683. The minimum atomic E-state index is -1.31. The van der Waals surface area contributed by atoms with Gasteiger partial charge in [-0.3, -0.25) is 14.5 Å². The number of amides is 3. The molecule has 0 spiro atoms. The number of aliphatic hydroxyl groups is 1. The highest BCUT2D eigenvalue weighted by Gasteiger charge is 2.39. The zero-order chi connectivity index (χ0) is 27.8. The quantitative estimate of drug-likeness (QED) is 0.416. The lowest BCUT2D eigenvalue weighted by Gasteiger charge is -2.46. The van der Waals surface area contributed by atoms with Gasteiger partial charge in [0.1, 0.15) is 25.7 Å². The van der Waals surface area contributed by atoms with Gasteiger partial charge in [0.25, 0.3) is 0 Å². The summed E-state index contributed by atoms with van der Waals surface area (Å²) in [7, 11) is 4.61. The van der Waals surface area contributed by atoms with Gasteiger partial charge in [-0.15, -0.1) is 0 Å². The fourth-order valence-corrected chi connectivity index (χ4v) is 4.10. The van der Waals surface area contributed by atoms with Gasteiger partial charge < -0.3 is 29.1 Å². The molecule has 1 fully saturated rings.